The Morgan fingerprint density at radius 1 is 1.67 bits per heavy atom. The number of carbonyl (C=O) groups excluding carboxylic acids is 1. The third-order valence-corrected chi connectivity index (χ3v) is 2.68. The molecule has 1 N–H and O–H groups in total. The van der Waals surface area contributed by atoms with Crippen LogP contribution in [0.5, 0.6) is 0 Å². The molecule has 0 aromatic carbocycles. The molecule has 15 heavy (non-hydrogen) atoms. The van der Waals surface area contributed by atoms with Gasteiger partial charge in [0.15, 0.2) is 0 Å². The first-order chi connectivity index (χ1) is 7.27. The lowest BCUT2D eigenvalue weighted by molar-refractivity contribution is -0.143. The van der Waals surface area contributed by atoms with Gasteiger partial charge in [0.25, 0.3) is 0 Å². The van der Waals surface area contributed by atoms with Gasteiger partial charge in [-0.15, -0.1) is 0 Å². The van der Waals surface area contributed by atoms with E-state index in [2.05, 4.69) is 12.2 Å². The Hall–Kier alpha value is -0.610. The first kappa shape index (κ1) is 12.5. The maximum Gasteiger partial charge on any atom is 0.322 e. The fraction of sp³-hybridized carbons (Fsp3) is 0.909. The minimum absolute atomic E-state index is 0.171. The molecule has 1 aliphatic rings. The molecule has 1 aliphatic heterocycles. The quantitative estimate of drug-likeness (QED) is 0.674. The molecule has 2 atom stereocenters. The van der Waals surface area contributed by atoms with E-state index in [0.29, 0.717) is 0 Å². The van der Waals surface area contributed by atoms with Crippen LogP contribution in [0.25, 0.3) is 0 Å². The van der Waals surface area contributed by atoms with Crippen molar-refractivity contribution in [1.29, 1.82) is 0 Å². The summed E-state index contributed by atoms with van der Waals surface area (Å²) in [5, 5.41) is 3.21. The van der Waals surface area contributed by atoms with Gasteiger partial charge < -0.3 is 14.8 Å². The summed E-state index contributed by atoms with van der Waals surface area (Å²) in [7, 11) is 1.43. The molecule has 0 radical (unpaired) electrons. The van der Waals surface area contributed by atoms with Crippen LogP contribution in [0.4, 0.5) is 0 Å². The third-order valence-electron chi connectivity index (χ3n) is 2.68. The minimum atomic E-state index is -0.177. The van der Waals surface area contributed by atoms with Crippen LogP contribution in [-0.4, -0.2) is 38.4 Å². The summed E-state index contributed by atoms with van der Waals surface area (Å²) in [6.45, 7) is 3.66. The van der Waals surface area contributed by atoms with Crippen LogP contribution >= 0.6 is 0 Å². The second-order valence-corrected chi connectivity index (χ2v) is 3.91. The normalized spacial score (nSPS) is 22.7. The summed E-state index contributed by atoms with van der Waals surface area (Å²) in [6.07, 6.45) is 4.28. The van der Waals surface area contributed by atoms with E-state index in [-0.39, 0.29) is 18.1 Å². The Balaban J connectivity index is 2.26. The molecule has 1 heterocycles. The number of ether oxygens (including phenoxy) is 2. The van der Waals surface area contributed by atoms with Gasteiger partial charge in [-0.1, -0.05) is 13.3 Å². The molecule has 1 rings (SSSR count). The summed E-state index contributed by atoms with van der Waals surface area (Å²) in [5.41, 5.74) is 0. The molecule has 0 bridgehead atoms. The molecule has 0 amide bonds. The molecule has 4 nitrogen and oxygen atoms in total. The zero-order chi connectivity index (χ0) is 11.1. The number of hydrogen-bond donors (Lipinski definition) is 1. The zero-order valence-electron chi connectivity index (χ0n) is 9.62. The Morgan fingerprint density at radius 2 is 2.47 bits per heavy atom. The van der Waals surface area contributed by atoms with Crippen LogP contribution in [0.15, 0.2) is 0 Å². The summed E-state index contributed by atoms with van der Waals surface area (Å²) in [4.78, 5) is 11.4. The van der Waals surface area contributed by atoms with Gasteiger partial charge in [0.1, 0.15) is 6.04 Å². The average Bonchev–Trinajstić information content (AvgIpc) is 2.76. The molecule has 0 aliphatic carbocycles. The number of carbonyl (C=O) groups is 1. The van der Waals surface area contributed by atoms with Crippen LogP contribution in [-0.2, 0) is 14.3 Å². The highest BCUT2D eigenvalue weighted by molar-refractivity contribution is 5.75. The SMILES string of the molecule is CCC[C@H](NC[C@H]1CCCO1)C(=O)OC. The van der Waals surface area contributed by atoms with Gasteiger partial charge in [-0.2, -0.15) is 0 Å². The van der Waals surface area contributed by atoms with Crippen molar-refractivity contribution in [3.63, 3.8) is 0 Å². The molecule has 0 spiro atoms. The van der Waals surface area contributed by atoms with Gasteiger partial charge in [0, 0.05) is 13.2 Å². The molecular formula is C11H21NO3. The smallest absolute Gasteiger partial charge is 0.322 e. The van der Waals surface area contributed by atoms with Crippen molar-refractivity contribution in [2.24, 2.45) is 0 Å². The highest BCUT2D eigenvalue weighted by atomic mass is 16.5. The molecule has 1 saturated heterocycles. The molecular weight excluding hydrogens is 194 g/mol. The Kier molecular flexibility index (Phi) is 5.65. The second-order valence-electron chi connectivity index (χ2n) is 3.91. The van der Waals surface area contributed by atoms with E-state index in [9.17, 15) is 4.79 Å². The van der Waals surface area contributed by atoms with E-state index in [4.69, 9.17) is 9.47 Å². The Bertz CT molecular complexity index is 190. The van der Waals surface area contributed by atoms with Crippen LogP contribution in [0.2, 0.25) is 0 Å². The van der Waals surface area contributed by atoms with Gasteiger partial charge in [0.05, 0.1) is 13.2 Å². The summed E-state index contributed by atoms with van der Waals surface area (Å²) < 4.78 is 10.2. The van der Waals surface area contributed by atoms with Crippen molar-refractivity contribution >= 4 is 5.97 Å². The standard InChI is InChI=1S/C11H21NO3/c1-3-5-10(11(13)14-2)12-8-9-6-4-7-15-9/h9-10,12H,3-8H2,1-2H3/t9-,10+/m1/s1. The van der Waals surface area contributed by atoms with Gasteiger partial charge in [-0.25, -0.2) is 0 Å². The van der Waals surface area contributed by atoms with Gasteiger partial charge >= 0.3 is 5.97 Å². The summed E-state index contributed by atoms with van der Waals surface area (Å²) in [6, 6.07) is -0.177. The van der Waals surface area contributed by atoms with E-state index >= 15 is 0 Å². The number of hydrogen-bond acceptors (Lipinski definition) is 4. The molecule has 4 heteroatoms. The largest absolute Gasteiger partial charge is 0.468 e. The van der Waals surface area contributed by atoms with E-state index in [1.54, 1.807) is 0 Å². The fourth-order valence-corrected chi connectivity index (χ4v) is 1.81. The average molecular weight is 215 g/mol. The molecule has 1 fully saturated rings. The highest BCUT2D eigenvalue weighted by Crippen LogP contribution is 2.11. The first-order valence-corrected chi connectivity index (χ1v) is 5.70. The molecule has 0 saturated carbocycles. The van der Waals surface area contributed by atoms with Crippen LogP contribution in [0.1, 0.15) is 32.6 Å². The predicted molar refractivity (Wildman–Crippen MR) is 57.7 cm³/mol. The van der Waals surface area contributed by atoms with Crippen molar-refractivity contribution in [1.82, 2.24) is 5.32 Å². The van der Waals surface area contributed by atoms with E-state index < -0.39 is 0 Å². The lowest BCUT2D eigenvalue weighted by Crippen LogP contribution is -2.41. The van der Waals surface area contributed by atoms with Crippen LogP contribution < -0.4 is 5.32 Å². The van der Waals surface area contributed by atoms with Crippen molar-refractivity contribution in [2.75, 3.05) is 20.3 Å². The maximum atomic E-state index is 11.4. The summed E-state index contributed by atoms with van der Waals surface area (Å²) in [5.74, 6) is -0.171. The van der Waals surface area contributed by atoms with Gasteiger partial charge in [-0.05, 0) is 19.3 Å². The van der Waals surface area contributed by atoms with E-state index in [0.717, 1.165) is 38.8 Å². The molecule has 0 unspecified atom stereocenters. The van der Waals surface area contributed by atoms with Gasteiger partial charge in [0.2, 0.25) is 0 Å². The molecule has 0 aromatic rings. The second kappa shape index (κ2) is 6.80. The van der Waals surface area contributed by atoms with Crippen LogP contribution in [0, 0.1) is 0 Å². The predicted octanol–water partition coefficient (Wildman–Crippen LogP) is 1.10. The number of nitrogens with one attached hydrogen (secondary N) is 1. The van der Waals surface area contributed by atoms with Crippen molar-refractivity contribution in [3.05, 3.63) is 0 Å². The fourth-order valence-electron chi connectivity index (χ4n) is 1.81. The topological polar surface area (TPSA) is 47.6 Å². The number of esters is 1. The first-order valence-electron chi connectivity index (χ1n) is 5.70. The van der Waals surface area contributed by atoms with E-state index in [1.165, 1.54) is 7.11 Å². The van der Waals surface area contributed by atoms with Crippen molar-refractivity contribution < 1.29 is 14.3 Å². The highest BCUT2D eigenvalue weighted by Gasteiger charge is 2.21. The Morgan fingerprint density at radius 3 is 3.00 bits per heavy atom. The summed E-state index contributed by atoms with van der Waals surface area (Å²) >= 11 is 0. The zero-order valence-corrected chi connectivity index (χ0v) is 9.62. The maximum absolute atomic E-state index is 11.4. The number of rotatable bonds is 6. The third kappa shape index (κ3) is 4.18. The van der Waals surface area contributed by atoms with Crippen molar-refractivity contribution in [2.45, 2.75) is 44.8 Å². The Labute approximate surface area is 91.3 Å². The molecule has 0 aromatic heterocycles. The lowest BCUT2D eigenvalue weighted by atomic mass is 10.1. The monoisotopic (exact) mass is 215 g/mol. The number of methoxy groups -OCH3 is 1. The molecule has 88 valence electrons. The van der Waals surface area contributed by atoms with Crippen LogP contribution in [0.3, 0.4) is 0 Å². The van der Waals surface area contributed by atoms with Gasteiger partial charge in [-0.3, -0.25) is 4.79 Å². The van der Waals surface area contributed by atoms with E-state index in [1.807, 2.05) is 0 Å². The van der Waals surface area contributed by atoms with Crippen molar-refractivity contribution in [3.8, 4) is 0 Å². The lowest BCUT2D eigenvalue weighted by Gasteiger charge is -2.18. The minimum Gasteiger partial charge on any atom is -0.468 e.